The van der Waals surface area contributed by atoms with E-state index in [0.717, 1.165) is 23.1 Å². The number of allylic oxidation sites excluding steroid dienone is 3. The SMILES string of the molecule is C/C=C(Cl)\C=C/C1=C2CC23c2ccccc2C(=O)N2CCN(C(=O)c4ccncc4)C123. The summed E-state index contributed by atoms with van der Waals surface area (Å²) in [6.07, 6.45) is 9.78. The molecule has 3 heterocycles. The third kappa shape index (κ3) is 2.05. The molecule has 1 saturated heterocycles. The van der Waals surface area contributed by atoms with Crippen molar-refractivity contribution in [3.05, 3.63) is 99.9 Å². The highest BCUT2D eigenvalue weighted by Gasteiger charge is 2.83. The number of nitrogens with zero attached hydrogens (tertiary/aromatic N) is 3. The van der Waals surface area contributed by atoms with Crippen molar-refractivity contribution < 1.29 is 9.59 Å². The summed E-state index contributed by atoms with van der Waals surface area (Å²) < 4.78 is 0. The molecule has 2 fully saturated rings. The molecule has 0 N–H and O–H groups in total. The summed E-state index contributed by atoms with van der Waals surface area (Å²) in [5, 5.41) is 0.627. The van der Waals surface area contributed by atoms with Crippen LogP contribution in [0.5, 0.6) is 0 Å². The van der Waals surface area contributed by atoms with E-state index >= 15 is 0 Å². The second-order valence-corrected chi connectivity index (χ2v) is 8.78. The Morgan fingerprint density at radius 2 is 1.94 bits per heavy atom. The summed E-state index contributed by atoms with van der Waals surface area (Å²) in [5.74, 6) is -0.0920. The van der Waals surface area contributed by atoms with E-state index < -0.39 is 5.66 Å². The molecule has 2 aromatic rings. The second-order valence-electron chi connectivity index (χ2n) is 8.35. The highest BCUT2D eigenvalue weighted by molar-refractivity contribution is 6.31. The molecule has 1 saturated carbocycles. The van der Waals surface area contributed by atoms with Crippen LogP contribution >= 0.6 is 11.6 Å². The van der Waals surface area contributed by atoms with Crippen molar-refractivity contribution in [3.63, 3.8) is 0 Å². The van der Waals surface area contributed by atoms with E-state index in [0.29, 0.717) is 23.7 Å². The average Bonchev–Trinajstić information content (AvgIpc) is 3.29. The Hall–Kier alpha value is -3.18. The van der Waals surface area contributed by atoms with E-state index in [2.05, 4.69) is 4.98 Å². The smallest absolute Gasteiger partial charge is 0.256 e. The largest absolute Gasteiger partial charge is 0.308 e. The molecule has 31 heavy (non-hydrogen) atoms. The highest BCUT2D eigenvalue weighted by Crippen LogP contribution is 2.78. The fourth-order valence-electron chi connectivity index (χ4n) is 5.93. The number of benzene rings is 1. The van der Waals surface area contributed by atoms with Gasteiger partial charge in [0, 0.05) is 41.6 Å². The zero-order chi connectivity index (χ0) is 21.4. The van der Waals surface area contributed by atoms with Crippen LogP contribution in [0.25, 0.3) is 0 Å². The van der Waals surface area contributed by atoms with Crippen molar-refractivity contribution in [2.24, 2.45) is 0 Å². The zero-order valence-corrected chi connectivity index (χ0v) is 17.8. The molecule has 5 nitrogen and oxygen atoms in total. The van der Waals surface area contributed by atoms with Gasteiger partial charge in [0.1, 0.15) is 0 Å². The molecule has 1 aromatic heterocycles. The van der Waals surface area contributed by atoms with Gasteiger partial charge in [-0.3, -0.25) is 14.6 Å². The summed E-state index contributed by atoms with van der Waals surface area (Å²) >= 11 is 6.25. The van der Waals surface area contributed by atoms with Gasteiger partial charge in [-0.1, -0.05) is 42.0 Å². The van der Waals surface area contributed by atoms with Crippen molar-refractivity contribution in [3.8, 4) is 0 Å². The number of carbonyl (C=O) groups excluding carboxylic acids is 2. The maximum absolute atomic E-state index is 13.7. The van der Waals surface area contributed by atoms with Crippen LogP contribution in [-0.4, -0.2) is 45.4 Å². The molecule has 2 atom stereocenters. The number of hydrogen-bond acceptors (Lipinski definition) is 3. The third-order valence-electron chi connectivity index (χ3n) is 7.18. The van der Waals surface area contributed by atoms with E-state index in [-0.39, 0.29) is 17.2 Å². The summed E-state index contributed by atoms with van der Waals surface area (Å²) in [4.78, 5) is 35.1. The first-order chi connectivity index (χ1) is 15.1. The fraction of sp³-hybridized carbons (Fsp3) is 0.240. The van der Waals surface area contributed by atoms with Crippen LogP contribution in [0.2, 0.25) is 0 Å². The van der Waals surface area contributed by atoms with Crippen LogP contribution in [0, 0.1) is 0 Å². The van der Waals surface area contributed by atoms with Gasteiger partial charge in [0.15, 0.2) is 5.66 Å². The van der Waals surface area contributed by atoms with Crippen molar-refractivity contribution in [2.45, 2.75) is 24.4 Å². The van der Waals surface area contributed by atoms with Gasteiger partial charge >= 0.3 is 0 Å². The van der Waals surface area contributed by atoms with Crippen LogP contribution in [-0.2, 0) is 5.41 Å². The number of pyridine rings is 1. The molecule has 2 amide bonds. The summed E-state index contributed by atoms with van der Waals surface area (Å²) in [6.45, 7) is 2.88. The van der Waals surface area contributed by atoms with Crippen molar-refractivity contribution >= 4 is 23.4 Å². The first-order valence-electron chi connectivity index (χ1n) is 10.4. The maximum Gasteiger partial charge on any atom is 0.256 e. The Morgan fingerprint density at radius 1 is 1.16 bits per heavy atom. The summed E-state index contributed by atoms with van der Waals surface area (Å²) in [7, 11) is 0. The Balaban J connectivity index is 1.57. The van der Waals surface area contributed by atoms with E-state index in [1.165, 1.54) is 5.57 Å². The number of halogens is 1. The average molecular weight is 430 g/mol. The van der Waals surface area contributed by atoms with Crippen LogP contribution < -0.4 is 0 Å². The molecule has 0 bridgehead atoms. The molecule has 2 spiro atoms. The lowest BCUT2D eigenvalue weighted by atomic mass is 9.64. The predicted octanol–water partition coefficient (Wildman–Crippen LogP) is 4.04. The van der Waals surface area contributed by atoms with Gasteiger partial charge in [-0.15, -0.1) is 0 Å². The first-order valence-corrected chi connectivity index (χ1v) is 10.8. The predicted molar refractivity (Wildman–Crippen MR) is 118 cm³/mol. The van der Waals surface area contributed by atoms with Crippen LogP contribution in [0.1, 0.15) is 39.6 Å². The molecule has 6 rings (SSSR count). The molecule has 1 aromatic carbocycles. The quantitative estimate of drug-likeness (QED) is 0.692. The minimum Gasteiger partial charge on any atom is -0.308 e. The van der Waals surface area contributed by atoms with E-state index in [4.69, 9.17) is 11.6 Å². The molecule has 2 aliphatic heterocycles. The number of amides is 2. The minimum atomic E-state index is -0.796. The Morgan fingerprint density at radius 3 is 2.71 bits per heavy atom. The third-order valence-corrected chi connectivity index (χ3v) is 7.52. The normalized spacial score (nSPS) is 28.2. The summed E-state index contributed by atoms with van der Waals surface area (Å²) in [6, 6.07) is 11.3. The Kier molecular flexibility index (Phi) is 3.70. The van der Waals surface area contributed by atoms with Crippen LogP contribution in [0.4, 0.5) is 0 Å². The van der Waals surface area contributed by atoms with Crippen molar-refractivity contribution in [2.75, 3.05) is 13.1 Å². The van der Waals surface area contributed by atoms with Gasteiger partial charge in [0.25, 0.3) is 11.8 Å². The molecule has 0 radical (unpaired) electrons. The van der Waals surface area contributed by atoms with Crippen molar-refractivity contribution in [1.82, 2.24) is 14.8 Å². The number of aromatic nitrogens is 1. The topological polar surface area (TPSA) is 53.5 Å². The van der Waals surface area contributed by atoms with Crippen LogP contribution in [0.15, 0.2) is 83.2 Å². The number of hydrogen-bond donors (Lipinski definition) is 0. The first kappa shape index (κ1) is 18.6. The van der Waals surface area contributed by atoms with Crippen molar-refractivity contribution in [1.29, 1.82) is 0 Å². The minimum absolute atomic E-state index is 0.0137. The lowest BCUT2D eigenvalue weighted by Crippen LogP contribution is -2.71. The molecular weight excluding hydrogens is 410 g/mol. The zero-order valence-electron chi connectivity index (χ0n) is 17.0. The second kappa shape index (κ2) is 6.17. The fourth-order valence-corrected chi connectivity index (χ4v) is 6.00. The monoisotopic (exact) mass is 429 g/mol. The highest BCUT2D eigenvalue weighted by atomic mass is 35.5. The Bertz CT molecular complexity index is 1250. The lowest BCUT2D eigenvalue weighted by molar-refractivity contribution is 0.00359. The van der Waals surface area contributed by atoms with Gasteiger partial charge < -0.3 is 9.80 Å². The van der Waals surface area contributed by atoms with E-state index in [1.807, 2.05) is 59.2 Å². The molecule has 6 heteroatoms. The van der Waals surface area contributed by atoms with Gasteiger partial charge in [-0.05, 0) is 54.3 Å². The van der Waals surface area contributed by atoms with Gasteiger partial charge in [-0.25, -0.2) is 0 Å². The standard InChI is InChI=1S/C25H20ClN3O2/c1-2-17(26)7-8-20-21-15-24(21)19-6-4-3-5-18(19)23(31)29-14-13-28(25(20,24)29)22(30)16-9-11-27-12-10-16/h2-12H,13-15H2,1H3/b8-7-,17-2+. The number of carbonyl (C=O) groups is 2. The van der Waals surface area contributed by atoms with E-state index in [1.54, 1.807) is 24.5 Å². The van der Waals surface area contributed by atoms with Gasteiger partial charge in [0.05, 0.1) is 5.41 Å². The van der Waals surface area contributed by atoms with E-state index in [9.17, 15) is 9.59 Å². The summed E-state index contributed by atoms with van der Waals surface area (Å²) in [5.41, 5.74) is 3.57. The Labute approximate surface area is 185 Å². The molecule has 4 aliphatic rings. The number of fused-ring (bicyclic) bond motifs is 1. The van der Waals surface area contributed by atoms with Gasteiger partial charge in [-0.2, -0.15) is 0 Å². The maximum atomic E-state index is 13.7. The molecule has 2 unspecified atom stereocenters. The lowest BCUT2D eigenvalue weighted by Gasteiger charge is -2.57. The molecule has 2 aliphatic carbocycles. The van der Waals surface area contributed by atoms with Gasteiger partial charge in [0.2, 0.25) is 0 Å². The molecular formula is C25H20ClN3O2. The molecule has 154 valence electrons. The number of rotatable bonds is 3. The van der Waals surface area contributed by atoms with Crippen LogP contribution in [0.3, 0.4) is 0 Å².